The van der Waals surface area contributed by atoms with E-state index in [0.29, 0.717) is 18.8 Å². The Labute approximate surface area is 110 Å². The molecule has 0 unspecified atom stereocenters. The van der Waals surface area contributed by atoms with Crippen LogP contribution in [0.4, 0.5) is 0 Å². The molecule has 0 radical (unpaired) electrons. The maximum absolute atomic E-state index is 11.5. The van der Waals surface area contributed by atoms with Gasteiger partial charge >= 0.3 is 5.76 Å². The molecule has 0 bridgehead atoms. The van der Waals surface area contributed by atoms with Crippen LogP contribution >= 0.6 is 0 Å². The van der Waals surface area contributed by atoms with Crippen molar-refractivity contribution in [2.75, 3.05) is 19.8 Å². The van der Waals surface area contributed by atoms with Crippen LogP contribution in [-0.2, 0) is 17.2 Å². The van der Waals surface area contributed by atoms with Crippen LogP contribution in [0.1, 0.15) is 18.4 Å². The first-order valence-corrected chi connectivity index (χ1v) is 6.45. The summed E-state index contributed by atoms with van der Waals surface area (Å²) in [5.41, 5.74) is 2.53. The minimum atomic E-state index is -0.346. The molecule has 0 atom stereocenters. The number of fused-ring (bicyclic) bond motifs is 1. The Balaban J connectivity index is 2.04. The topological polar surface area (TPSA) is 64.6 Å². The quantitative estimate of drug-likeness (QED) is 0.899. The van der Waals surface area contributed by atoms with Crippen LogP contribution in [0.15, 0.2) is 27.4 Å². The Morgan fingerprint density at radius 2 is 2.21 bits per heavy atom. The van der Waals surface area contributed by atoms with Crippen molar-refractivity contribution in [1.29, 1.82) is 0 Å². The molecule has 2 aromatic rings. The summed E-state index contributed by atoms with van der Waals surface area (Å²) in [6, 6.07) is 5.83. The van der Waals surface area contributed by atoms with Crippen molar-refractivity contribution < 1.29 is 14.3 Å². The third kappa shape index (κ3) is 1.89. The molecular weight excluding hydrogens is 246 g/mol. The van der Waals surface area contributed by atoms with E-state index >= 15 is 0 Å². The summed E-state index contributed by atoms with van der Waals surface area (Å²) in [5, 5.41) is 9.01. The zero-order chi connectivity index (χ0) is 13.5. The van der Waals surface area contributed by atoms with Gasteiger partial charge in [-0.15, -0.1) is 0 Å². The van der Waals surface area contributed by atoms with Gasteiger partial charge in [0, 0.05) is 19.1 Å². The van der Waals surface area contributed by atoms with Gasteiger partial charge in [0.05, 0.1) is 18.7 Å². The highest BCUT2D eigenvalue weighted by atomic mass is 16.5. The molecule has 2 heterocycles. The van der Waals surface area contributed by atoms with Crippen LogP contribution in [0.5, 0.6) is 0 Å². The van der Waals surface area contributed by atoms with Gasteiger partial charge in [-0.2, -0.15) is 0 Å². The summed E-state index contributed by atoms with van der Waals surface area (Å²) >= 11 is 0. The molecule has 1 fully saturated rings. The number of aliphatic hydroxyl groups is 1. The second-order valence-electron chi connectivity index (χ2n) is 5.21. The number of ether oxygens (including phenoxy) is 1. The highest BCUT2D eigenvalue weighted by molar-refractivity contribution is 5.74. The Kier molecular flexibility index (Phi) is 2.95. The van der Waals surface area contributed by atoms with Crippen molar-refractivity contribution in [3.63, 3.8) is 0 Å². The predicted octanol–water partition coefficient (Wildman–Crippen LogP) is 1.17. The van der Waals surface area contributed by atoms with Crippen LogP contribution < -0.4 is 5.76 Å². The first-order chi connectivity index (χ1) is 9.16. The molecule has 5 heteroatoms. The van der Waals surface area contributed by atoms with Crippen LogP contribution in [0.25, 0.3) is 11.1 Å². The van der Waals surface area contributed by atoms with Crippen molar-refractivity contribution in [2.24, 2.45) is 7.05 Å². The number of aromatic nitrogens is 1. The molecule has 1 N–H and O–H groups in total. The molecule has 0 spiro atoms. The fourth-order valence-electron chi connectivity index (χ4n) is 2.68. The molecule has 1 aromatic carbocycles. The highest BCUT2D eigenvalue weighted by Gasteiger charge is 2.39. The molecule has 3 rings (SSSR count). The third-order valence-electron chi connectivity index (χ3n) is 3.97. The van der Waals surface area contributed by atoms with Gasteiger partial charge in [0.25, 0.3) is 0 Å². The smallest absolute Gasteiger partial charge is 0.408 e. The Morgan fingerprint density at radius 3 is 2.84 bits per heavy atom. The van der Waals surface area contributed by atoms with Crippen LogP contribution in [0, 0.1) is 0 Å². The number of benzene rings is 1. The lowest BCUT2D eigenvalue weighted by Crippen LogP contribution is -2.46. The molecule has 5 nitrogen and oxygen atoms in total. The Hall–Kier alpha value is -1.59. The molecule has 0 amide bonds. The molecule has 1 aliphatic heterocycles. The van der Waals surface area contributed by atoms with E-state index in [1.54, 1.807) is 7.05 Å². The van der Waals surface area contributed by atoms with Crippen LogP contribution in [0.2, 0.25) is 0 Å². The first kappa shape index (κ1) is 12.4. The zero-order valence-electron chi connectivity index (χ0n) is 10.9. The van der Waals surface area contributed by atoms with E-state index in [9.17, 15) is 4.79 Å². The summed E-state index contributed by atoms with van der Waals surface area (Å²) in [6.07, 6.45) is 1.65. The van der Waals surface area contributed by atoms with Gasteiger partial charge in [-0.1, -0.05) is 6.07 Å². The fourth-order valence-corrected chi connectivity index (χ4v) is 2.68. The van der Waals surface area contributed by atoms with Gasteiger partial charge in [-0.05, 0) is 30.5 Å². The Bertz CT molecular complexity index is 651. The summed E-state index contributed by atoms with van der Waals surface area (Å²) in [4.78, 5) is 11.5. The SMILES string of the molecule is Cn1c(=O)oc2ccc(C3(CCCO)COC3)cc21. The van der Waals surface area contributed by atoms with E-state index in [1.165, 1.54) is 4.57 Å². The second kappa shape index (κ2) is 4.51. The van der Waals surface area contributed by atoms with Crippen molar-refractivity contribution in [3.05, 3.63) is 34.3 Å². The number of oxazole rings is 1. The maximum Gasteiger partial charge on any atom is 0.419 e. The molecule has 1 aliphatic rings. The number of hydrogen-bond donors (Lipinski definition) is 1. The molecule has 0 saturated carbocycles. The summed E-state index contributed by atoms with van der Waals surface area (Å²) in [5.74, 6) is -0.346. The van der Waals surface area contributed by atoms with Crippen molar-refractivity contribution in [2.45, 2.75) is 18.3 Å². The normalized spacial score (nSPS) is 17.6. The van der Waals surface area contributed by atoms with Gasteiger partial charge in [-0.25, -0.2) is 4.79 Å². The van der Waals surface area contributed by atoms with E-state index in [2.05, 4.69) is 0 Å². The van der Waals surface area contributed by atoms with Gasteiger partial charge in [-0.3, -0.25) is 4.57 Å². The predicted molar refractivity (Wildman–Crippen MR) is 70.3 cm³/mol. The van der Waals surface area contributed by atoms with Gasteiger partial charge in [0.2, 0.25) is 0 Å². The average molecular weight is 263 g/mol. The lowest BCUT2D eigenvalue weighted by atomic mass is 9.75. The van der Waals surface area contributed by atoms with Gasteiger partial charge in [0.1, 0.15) is 0 Å². The molecule has 19 heavy (non-hydrogen) atoms. The number of rotatable bonds is 4. The highest BCUT2D eigenvalue weighted by Crippen LogP contribution is 2.37. The molecule has 1 aromatic heterocycles. The van der Waals surface area contributed by atoms with Crippen molar-refractivity contribution in [3.8, 4) is 0 Å². The van der Waals surface area contributed by atoms with Gasteiger partial charge in [0.15, 0.2) is 5.58 Å². The largest absolute Gasteiger partial charge is 0.419 e. The van der Waals surface area contributed by atoms with E-state index in [1.807, 2.05) is 18.2 Å². The standard InChI is InChI=1S/C14H17NO4/c1-15-11-7-10(3-4-12(11)19-13(15)17)14(5-2-6-16)8-18-9-14/h3-4,7,16H,2,5-6,8-9H2,1H3. The average Bonchev–Trinajstić information content (AvgIpc) is 2.64. The molecular formula is C14H17NO4. The van der Waals surface area contributed by atoms with Crippen LogP contribution in [0.3, 0.4) is 0 Å². The number of aryl methyl sites for hydroxylation is 1. The maximum atomic E-state index is 11.5. The van der Waals surface area contributed by atoms with Crippen LogP contribution in [-0.4, -0.2) is 29.5 Å². The monoisotopic (exact) mass is 263 g/mol. The number of hydrogen-bond acceptors (Lipinski definition) is 4. The minimum Gasteiger partial charge on any atom is -0.408 e. The molecule has 0 aliphatic carbocycles. The minimum absolute atomic E-state index is 0.0236. The summed E-state index contributed by atoms with van der Waals surface area (Å²) < 4.78 is 12.0. The first-order valence-electron chi connectivity index (χ1n) is 6.45. The lowest BCUT2D eigenvalue weighted by Gasteiger charge is -2.42. The number of nitrogens with zero attached hydrogens (tertiary/aromatic N) is 1. The third-order valence-corrected chi connectivity index (χ3v) is 3.97. The van der Waals surface area contributed by atoms with E-state index in [4.69, 9.17) is 14.3 Å². The number of aliphatic hydroxyl groups excluding tert-OH is 1. The van der Waals surface area contributed by atoms with Crippen molar-refractivity contribution >= 4 is 11.1 Å². The zero-order valence-corrected chi connectivity index (χ0v) is 10.9. The van der Waals surface area contributed by atoms with E-state index < -0.39 is 0 Å². The van der Waals surface area contributed by atoms with Crippen molar-refractivity contribution in [1.82, 2.24) is 4.57 Å². The molecule has 102 valence electrons. The summed E-state index contributed by atoms with van der Waals surface area (Å²) in [6.45, 7) is 1.53. The molecule has 1 saturated heterocycles. The Morgan fingerprint density at radius 1 is 1.42 bits per heavy atom. The van der Waals surface area contributed by atoms with Gasteiger partial charge < -0.3 is 14.3 Å². The van der Waals surface area contributed by atoms with E-state index in [0.717, 1.165) is 23.9 Å². The lowest BCUT2D eigenvalue weighted by molar-refractivity contribution is -0.0664. The fraction of sp³-hybridized carbons (Fsp3) is 0.500. The summed E-state index contributed by atoms with van der Waals surface area (Å²) in [7, 11) is 1.70. The van der Waals surface area contributed by atoms with E-state index in [-0.39, 0.29) is 17.8 Å². The second-order valence-corrected chi connectivity index (χ2v) is 5.21.